The number of nitrogens with one attached hydrogen (secondary N) is 1. The summed E-state index contributed by atoms with van der Waals surface area (Å²) < 4.78 is 0. The minimum atomic E-state index is 0.437. The topological polar surface area (TPSA) is 18.5 Å². The van der Waals surface area contributed by atoms with Crippen molar-refractivity contribution in [1.82, 2.24) is 15.1 Å². The molecule has 1 saturated heterocycles. The second-order valence-electron chi connectivity index (χ2n) is 6.19. The number of benzene rings is 1. The molecule has 0 aliphatic carbocycles. The summed E-state index contributed by atoms with van der Waals surface area (Å²) in [5.74, 6) is 0. The first-order chi connectivity index (χ1) is 9.61. The van der Waals surface area contributed by atoms with Crippen LogP contribution >= 0.6 is 0 Å². The van der Waals surface area contributed by atoms with Crippen LogP contribution in [0.4, 0.5) is 0 Å². The average Bonchev–Trinajstić information content (AvgIpc) is 2.46. The molecule has 0 radical (unpaired) electrons. The lowest BCUT2D eigenvalue weighted by Crippen LogP contribution is -2.44. The van der Waals surface area contributed by atoms with Crippen molar-refractivity contribution in [3.05, 3.63) is 35.4 Å². The van der Waals surface area contributed by atoms with E-state index in [0.29, 0.717) is 6.04 Å². The van der Waals surface area contributed by atoms with Gasteiger partial charge in [0.15, 0.2) is 0 Å². The number of likely N-dealkylation sites (N-methyl/N-ethyl adjacent to an activating group) is 1. The highest BCUT2D eigenvalue weighted by Crippen LogP contribution is 2.21. The van der Waals surface area contributed by atoms with E-state index in [1.807, 2.05) is 0 Å². The normalized spacial score (nSPS) is 19.4. The summed E-state index contributed by atoms with van der Waals surface area (Å²) in [6.45, 7) is 5.75. The molecule has 1 heterocycles. The summed E-state index contributed by atoms with van der Waals surface area (Å²) in [5, 5.41) is 3.49. The van der Waals surface area contributed by atoms with Gasteiger partial charge < -0.3 is 15.1 Å². The SMILES string of the molecule is CNC(CN1CCC(N(C)C)CC1)c1ccccc1C. The van der Waals surface area contributed by atoms with E-state index in [1.54, 1.807) is 0 Å². The van der Waals surface area contributed by atoms with Gasteiger partial charge in [-0.2, -0.15) is 0 Å². The van der Waals surface area contributed by atoms with Gasteiger partial charge in [0, 0.05) is 18.6 Å². The van der Waals surface area contributed by atoms with Crippen LogP contribution in [0.5, 0.6) is 0 Å². The first-order valence-electron chi connectivity index (χ1n) is 7.73. The van der Waals surface area contributed by atoms with E-state index in [1.165, 1.54) is 37.1 Å². The summed E-state index contributed by atoms with van der Waals surface area (Å²) in [6, 6.07) is 9.92. The van der Waals surface area contributed by atoms with Gasteiger partial charge in [-0.1, -0.05) is 24.3 Å². The molecule has 1 aromatic rings. The maximum atomic E-state index is 3.49. The zero-order valence-electron chi connectivity index (χ0n) is 13.4. The number of rotatable bonds is 5. The van der Waals surface area contributed by atoms with Crippen molar-refractivity contribution in [2.75, 3.05) is 40.8 Å². The van der Waals surface area contributed by atoms with E-state index in [4.69, 9.17) is 0 Å². The molecule has 1 aromatic carbocycles. The Labute approximate surface area is 124 Å². The van der Waals surface area contributed by atoms with E-state index in [9.17, 15) is 0 Å². The Hall–Kier alpha value is -0.900. The highest BCUT2D eigenvalue weighted by molar-refractivity contribution is 5.29. The Balaban J connectivity index is 1.93. The largest absolute Gasteiger partial charge is 0.312 e. The van der Waals surface area contributed by atoms with Crippen molar-refractivity contribution in [3.63, 3.8) is 0 Å². The molecule has 2 rings (SSSR count). The quantitative estimate of drug-likeness (QED) is 0.889. The van der Waals surface area contributed by atoms with Crippen LogP contribution in [0.1, 0.15) is 30.0 Å². The number of hydrogen-bond acceptors (Lipinski definition) is 3. The molecule has 1 atom stereocenters. The predicted molar refractivity (Wildman–Crippen MR) is 86.1 cm³/mol. The molecule has 0 saturated carbocycles. The minimum Gasteiger partial charge on any atom is -0.312 e. The second-order valence-corrected chi connectivity index (χ2v) is 6.19. The standard InChI is InChI=1S/C17H29N3/c1-14-7-5-6-8-16(14)17(18-2)13-20-11-9-15(10-12-20)19(3)4/h5-8,15,17-18H,9-13H2,1-4H3. The molecule has 1 fully saturated rings. The fraction of sp³-hybridized carbons (Fsp3) is 0.647. The van der Waals surface area contributed by atoms with Crippen molar-refractivity contribution in [1.29, 1.82) is 0 Å². The Morgan fingerprint density at radius 2 is 1.90 bits per heavy atom. The summed E-state index contributed by atoms with van der Waals surface area (Å²) in [6.07, 6.45) is 2.58. The van der Waals surface area contributed by atoms with Crippen LogP contribution in [0.25, 0.3) is 0 Å². The summed E-state index contributed by atoms with van der Waals surface area (Å²) in [4.78, 5) is 4.97. The Bertz CT molecular complexity index is 408. The lowest BCUT2D eigenvalue weighted by atomic mass is 9.99. The van der Waals surface area contributed by atoms with Gasteiger partial charge in [-0.15, -0.1) is 0 Å². The predicted octanol–water partition coefficient (Wildman–Crippen LogP) is 2.28. The van der Waals surface area contributed by atoms with Gasteiger partial charge in [0.1, 0.15) is 0 Å². The molecule has 112 valence electrons. The third-order valence-corrected chi connectivity index (χ3v) is 4.64. The zero-order chi connectivity index (χ0) is 14.5. The van der Waals surface area contributed by atoms with Crippen molar-refractivity contribution in [2.45, 2.75) is 31.8 Å². The molecule has 3 heteroatoms. The van der Waals surface area contributed by atoms with Crippen LogP contribution in [-0.4, -0.2) is 56.6 Å². The van der Waals surface area contributed by atoms with Crippen molar-refractivity contribution in [2.24, 2.45) is 0 Å². The molecule has 1 aliphatic rings. The van der Waals surface area contributed by atoms with Gasteiger partial charge in [-0.25, -0.2) is 0 Å². The average molecular weight is 275 g/mol. The molecule has 3 nitrogen and oxygen atoms in total. The molecular weight excluding hydrogens is 246 g/mol. The Kier molecular flexibility index (Phi) is 5.58. The molecule has 0 aromatic heterocycles. The molecule has 20 heavy (non-hydrogen) atoms. The lowest BCUT2D eigenvalue weighted by molar-refractivity contribution is 0.136. The molecule has 0 amide bonds. The molecule has 1 aliphatic heterocycles. The second kappa shape index (κ2) is 7.21. The third-order valence-electron chi connectivity index (χ3n) is 4.64. The number of piperidine rings is 1. The van der Waals surface area contributed by atoms with Crippen LogP contribution in [-0.2, 0) is 0 Å². The number of hydrogen-bond donors (Lipinski definition) is 1. The Morgan fingerprint density at radius 1 is 1.25 bits per heavy atom. The number of likely N-dealkylation sites (tertiary alicyclic amines) is 1. The van der Waals surface area contributed by atoms with Gasteiger partial charge >= 0.3 is 0 Å². The van der Waals surface area contributed by atoms with Gasteiger partial charge in [-0.05, 0) is 65.1 Å². The molecule has 0 spiro atoms. The van der Waals surface area contributed by atoms with Crippen LogP contribution < -0.4 is 5.32 Å². The van der Waals surface area contributed by atoms with Gasteiger partial charge in [0.2, 0.25) is 0 Å². The first-order valence-corrected chi connectivity index (χ1v) is 7.73. The highest BCUT2D eigenvalue weighted by Gasteiger charge is 2.23. The smallest absolute Gasteiger partial charge is 0.0449 e. The Morgan fingerprint density at radius 3 is 2.45 bits per heavy atom. The van der Waals surface area contributed by atoms with E-state index in [0.717, 1.165) is 12.6 Å². The van der Waals surface area contributed by atoms with Crippen molar-refractivity contribution >= 4 is 0 Å². The first kappa shape index (κ1) is 15.5. The maximum Gasteiger partial charge on any atom is 0.0449 e. The fourth-order valence-corrected chi connectivity index (χ4v) is 3.20. The summed E-state index contributed by atoms with van der Waals surface area (Å²) in [5.41, 5.74) is 2.82. The van der Waals surface area contributed by atoms with Gasteiger partial charge in [0.05, 0.1) is 0 Å². The van der Waals surface area contributed by atoms with Gasteiger partial charge in [0.25, 0.3) is 0 Å². The molecular formula is C17H29N3. The maximum absolute atomic E-state index is 3.49. The van der Waals surface area contributed by atoms with Crippen LogP contribution in [0, 0.1) is 6.92 Å². The third kappa shape index (κ3) is 3.81. The minimum absolute atomic E-state index is 0.437. The number of nitrogens with zero attached hydrogens (tertiary/aromatic N) is 2. The lowest BCUT2D eigenvalue weighted by Gasteiger charge is -2.37. The van der Waals surface area contributed by atoms with Gasteiger partial charge in [-0.3, -0.25) is 0 Å². The van der Waals surface area contributed by atoms with Crippen molar-refractivity contribution < 1.29 is 0 Å². The van der Waals surface area contributed by atoms with E-state index in [-0.39, 0.29) is 0 Å². The molecule has 1 unspecified atom stereocenters. The summed E-state index contributed by atoms with van der Waals surface area (Å²) >= 11 is 0. The molecule has 1 N–H and O–H groups in total. The summed E-state index contributed by atoms with van der Waals surface area (Å²) in [7, 11) is 6.47. The fourth-order valence-electron chi connectivity index (χ4n) is 3.20. The molecule has 0 bridgehead atoms. The number of aryl methyl sites for hydroxylation is 1. The van der Waals surface area contributed by atoms with E-state index in [2.05, 4.69) is 67.4 Å². The van der Waals surface area contributed by atoms with Crippen LogP contribution in [0.2, 0.25) is 0 Å². The highest BCUT2D eigenvalue weighted by atomic mass is 15.2. The van der Waals surface area contributed by atoms with Crippen molar-refractivity contribution in [3.8, 4) is 0 Å². The zero-order valence-corrected chi connectivity index (χ0v) is 13.4. The van der Waals surface area contributed by atoms with E-state index < -0.39 is 0 Å². The monoisotopic (exact) mass is 275 g/mol. The van der Waals surface area contributed by atoms with Crippen LogP contribution in [0.15, 0.2) is 24.3 Å². The van der Waals surface area contributed by atoms with Crippen LogP contribution in [0.3, 0.4) is 0 Å². The van der Waals surface area contributed by atoms with E-state index >= 15 is 0 Å².